The number of halogens is 1. The Morgan fingerprint density at radius 2 is 2.18 bits per heavy atom. The molecule has 0 spiro atoms. The van der Waals surface area contributed by atoms with Crippen LogP contribution < -0.4 is 10.1 Å². The summed E-state index contributed by atoms with van der Waals surface area (Å²) in [6.07, 6.45) is 1.17. The van der Waals surface area contributed by atoms with Gasteiger partial charge in [-0.05, 0) is 17.9 Å². The third kappa shape index (κ3) is 2.67. The Kier molecular flexibility index (Phi) is 3.23. The minimum absolute atomic E-state index is 0.169. The molecule has 0 aliphatic heterocycles. The molecule has 1 saturated carbocycles. The first-order valence-electron chi connectivity index (χ1n) is 5.73. The van der Waals surface area contributed by atoms with Crippen molar-refractivity contribution in [3.8, 4) is 11.5 Å². The number of phenols is 1. The van der Waals surface area contributed by atoms with E-state index in [4.69, 9.17) is 16.3 Å². The van der Waals surface area contributed by atoms with Gasteiger partial charge in [0, 0.05) is 29.2 Å². The summed E-state index contributed by atoms with van der Waals surface area (Å²) in [4.78, 5) is 0. The molecule has 0 amide bonds. The predicted molar refractivity (Wildman–Crippen MR) is 68.7 cm³/mol. The molecule has 0 aromatic heterocycles. The topological polar surface area (TPSA) is 41.5 Å². The zero-order valence-electron chi connectivity index (χ0n) is 10.4. The van der Waals surface area contributed by atoms with Crippen LogP contribution in [-0.4, -0.2) is 18.3 Å². The zero-order valence-corrected chi connectivity index (χ0v) is 11.1. The van der Waals surface area contributed by atoms with E-state index in [1.165, 1.54) is 13.5 Å². The average molecular weight is 256 g/mol. The molecule has 94 valence electrons. The molecule has 3 nitrogen and oxygen atoms in total. The lowest BCUT2D eigenvalue weighted by Gasteiger charge is -2.11. The third-order valence-electron chi connectivity index (χ3n) is 3.39. The van der Waals surface area contributed by atoms with Crippen LogP contribution in [0.25, 0.3) is 0 Å². The number of ether oxygens (including phenoxy) is 1. The molecule has 0 heterocycles. The van der Waals surface area contributed by atoms with Gasteiger partial charge in [-0.15, -0.1) is 0 Å². The summed E-state index contributed by atoms with van der Waals surface area (Å²) in [5.74, 6) is 0.590. The van der Waals surface area contributed by atoms with Gasteiger partial charge in [-0.3, -0.25) is 0 Å². The fraction of sp³-hybridized carbons (Fsp3) is 0.538. The van der Waals surface area contributed by atoms with Crippen molar-refractivity contribution >= 4 is 11.6 Å². The second-order valence-corrected chi connectivity index (χ2v) is 5.68. The van der Waals surface area contributed by atoms with Gasteiger partial charge in [-0.2, -0.15) is 0 Å². The van der Waals surface area contributed by atoms with Crippen molar-refractivity contribution in [3.05, 3.63) is 22.7 Å². The van der Waals surface area contributed by atoms with Crippen molar-refractivity contribution in [2.24, 2.45) is 5.41 Å². The summed E-state index contributed by atoms with van der Waals surface area (Å²) in [5.41, 5.74) is 1.15. The maximum atomic E-state index is 9.95. The number of benzene rings is 1. The summed E-state index contributed by atoms with van der Waals surface area (Å²) in [6, 6.07) is 3.90. The van der Waals surface area contributed by atoms with E-state index in [9.17, 15) is 5.11 Å². The number of aromatic hydroxyl groups is 1. The van der Waals surface area contributed by atoms with Gasteiger partial charge in [0.1, 0.15) is 0 Å². The summed E-state index contributed by atoms with van der Waals surface area (Å²) in [6.45, 7) is 5.06. The van der Waals surface area contributed by atoms with Crippen LogP contribution in [0.15, 0.2) is 12.1 Å². The van der Waals surface area contributed by atoms with Gasteiger partial charge in [-0.1, -0.05) is 25.4 Å². The van der Waals surface area contributed by atoms with Gasteiger partial charge in [0.05, 0.1) is 7.11 Å². The van der Waals surface area contributed by atoms with Crippen LogP contribution in [0.5, 0.6) is 11.5 Å². The summed E-state index contributed by atoms with van der Waals surface area (Å²) >= 11 is 5.97. The summed E-state index contributed by atoms with van der Waals surface area (Å²) in [5, 5.41) is 13.9. The van der Waals surface area contributed by atoms with E-state index in [2.05, 4.69) is 19.2 Å². The number of nitrogens with one attached hydrogen (secondary N) is 1. The van der Waals surface area contributed by atoms with E-state index in [1.54, 1.807) is 12.1 Å². The Bertz CT molecular complexity index is 432. The molecule has 1 unspecified atom stereocenters. The molecule has 1 aliphatic rings. The third-order valence-corrected chi connectivity index (χ3v) is 3.61. The van der Waals surface area contributed by atoms with Gasteiger partial charge in [0.15, 0.2) is 11.5 Å². The Balaban J connectivity index is 2.08. The Morgan fingerprint density at radius 1 is 1.53 bits per heavy atom. The van der Waals surface area contributed by atoms with Gasteiger partial charge >= 0.3 is 0 Å². The maximum absolute atomic E-state index is 9.95. The van der Waals surface area contributed by atoms with Gasteiger partial charge in [0.25, 0.3) is 0 Å². The zero-order chi connectivity index (χ0) is 12.6. The Morgan fingerprint density at radius 3 is 2.71 bits per heavy atom. The summed E-state index contributed by atoms with van der Waals surface area (Å²) < 4.78 is 5.07. The highest BCUT2D eigenvalue weighted by Crippen LogP contribution is 2.45. The lowest BCUT2D eigenvalue weighted by atomic mass is 10.1. The van der Waals surface area contributed by atoms with Crippen molar-refractivity contribution in [2.45, 2.75) is 32.9 Å². The van der Waals surface area contributed by atoms with Gasteiger partial charge in [0.2, 0.25) is 0 Å². The highest BCUT2D eigenvalue weighted by atomic mass is 35.5. The number of phenolic OH excluding ortho intramolecular Hbond substituents is 1. The lowest BCUT2D eigenvalue weighted by Crippen LogP contribution is -2.20. The molecule has 1 aromatic carbocycles. The van der Waals surface area contributed by atoms with Crippen LogP contribution in [0.3, 0.4) is 0 Å². The SMILES string of the molecule is COc1cc(Cl)cc(CNC2CC2(C)C)c1O. The lowest BCUT2D eigenvalue weighted by molar-refractivity contribution is 0.369. The van der Waals surface area contributed by atoms with Gasteiger partial charge in [-0.25, -0.2) is 0 Å². The Hall–Kier alpha value is -0.930. The molecule has 0 saturated heterocycles. The van der Waals surface area contributed by atoms with E-state index < -0.39 is 0 Å². The molecule has 4 heteroatoms. The quantitative estimate of drug-likeness (QED) is 0.869. The fourth-order valence-electron chi connectivity index (χ4n) is 1.97. The van der Waals surface area contributed by atoms with E-state index in [1.807, 2.05) is 0 Å². The van der Waals surface area contributed by atoms with E-state index in [0.29, 0.717) is 28.8 Å². The minimum atomic E-state index is 0.169. The molecule has 1 atom stereocenters. The molecule has 0 radical (unpaired) electrons. The number of methoxy groups -OCH3 is 1. The smallest absolute Gasteiger partial charge is 0.162 e. The molecular formula is C13H18ClNO2. The molecule has 2 rings (SSSR count). The largest absolute Gasteiger partial charge is 0.504 e. The van der Waals surface area contributed by atoms with Crippen molar-refractivity contribution in [3.63, 3.8) is 0 Å². The minimum Gasteiger partial charge on any atom is -0.504 e. The second kappa shape index (κ2) is 4.39. The molecule has 17 heavy (non-hydrogen) atoms. The normalized spacial score (nSPS) is 21.3. The van der Waals surface area contributed by atoms with Gasteiger partial charge < -0.3 is 15.2 Å². The molecule has 1 aliphatic carbocycles. The predicted octanol–water partition coefficient (Wildman–Crippen LogP) is 2.94. The highest BCUT2D eigenvalue weighted by molar-refractivity contribution is 6.30. The standard InChI is InChI=1S/C13H18ClNO2/c1-13(2)6-11(13)15-7-8-4-9(14)5-10(17-3)12(8)16/h4-5,11,15-16H,6-7H2,1-3H3. The molecule has 1 fully saturated rings. The van der Waals surface area contributed by atoms with Crippen LogP contribution in [0.2, 0.25) is 5.02 Å². The fourth-order valence-corrected chi connectivity index (χ4v) is 2.20. The van der Waals surface area contributed by atoms with E-state index >= 15 is 0 Å². The van der Waals surface area contributed by atoms with Crippen molar-refractivity contribution in [2.75, 3.05) is 7.11 Å². The van der Waals surface area contributed by atoms with E-state index in [-0.39, 0.29) is 5.75 Å². The van der Waals surface area contributed by atoms with Crippen molar-refractivity contribution in [1.29, 1.82) is 0 Å². The molecule has 0 bridgehead atoms. The van der Waals surface area contributed by atoms with Crippen molar-refractivity contribution in [1.82, 2.24) is 5.32 Å². The first-order chi connectivity index (χ1) is 7.94. The number of hydrogen-bond donors (Lipinski definition) is 2. The Labute approximate surface area is 107 Å². The first kappa shape index (κ1) is 12.5. The average Bonchev–Trinajstić information content (AvgIpc) is 2.87. The van der Waals surface area contributed by atoms with Crippen LogP contribution in [0.1, 0.15) is 25.8 Å². The molecule has 2 N–H and O–H groups in total. The maximum Gasteiger partial charge on any atom is 0.162 e. The highest BCUT2D eigenvalue weighted by Gasteiger charge is 2.45. The van der Waals surface area contributed by atoms with Crippen LogP contribution in [0.4, 0.5) is 0 Å². The van der Waals surface area contributed by atoms with E-state index in [0.717, 1.165) is 5.56 Å². The number of rotatable bonds is 4. The van der Waals surface area contributed by atoms with Crippen LogP contribution in [0, 0.1) is 5.41 Å². The van der Waals surface area contributed by atoms with Crippen LogP contribution >= 0.6 is 11.6 Å². The monoisotopic (exact) mass is 255 g/mol. The van der Waals surface area contributed by atoms with Crippen molar-refractivity contribution < 1.29 is 9.84 Å². The van der Waals surface area contributed by atoms with Crippen LogP contribution in [-0.2, 0) is 6.54 Å². The number of hydrogen-bond acceptors (Lipinski definition) is 3. The molecule has 1 aromatic rings. The second-order valence-electron chi connectivity index (χ2n) is 5.24. The summed E-state index contributed by atoms with van der Waals surface area (Å²) in [7, 11) is 1.52. The first-order valence-corrected chi connectivity index (χ1v) is 6.10. The molecular weight excluding hydrogens is 238 g/mol.